The number of ether oxygens (including phenoxy) is 6. The van der Waals surface area contributed by atoms with Gasteiger partial charge in [-0.25, -0.2) is 4.99 Å². The van der Waals surface area contributed by atoms with Crippen LogP contribution >= 0.6 is 12.2 Å². The zero-order valence-corrected chi connectivity index (χ0v) is 23.9. The molecule has 0 spiro atoms. The molecule has 8 nitrogen and oxygen atoms in total. The van der Waals surface area contributed by atoms with E-state index < -0.39 is 0 Å². The Morgan fingerprint density at radius 3 is 2.58 bits per heavy atom. The van der Waals surface area contributed by atoms with Crippen molar-refractivity contribution >= 4 is 17.4 Å². The highest BCUT2D eigenvalue weighted by molar-refractivity contribution is 7.78. The molecule has 0 N–H and O–H groups in total. The van der Waals surface area contributed by atoms with Crippen LogP contribution in [0, 0.1) is 6.92 Å². The molecule has 0 aromatic heterocycles. The molecule has 0 saturated heterocycles. The molecule has 3 aromatic carbocycles. The molecule has 9 heteroatoms. The minimum absolute atomic E-state index is 0.0721. The summed E-state index contributed by atoms with van der Waals surface area (Å²) >= 11 is 5.00. The van der Waals surface area contributed by atoms with Crippen LogP contribution in [0.2, 0.25) is 0 Å². The lowest BCUT2D eigenvalue weighted by atomic mass is 9.83. The topological polar surface area (TPSA) is 71.0 Å². The lowest BCUT2D eigenvalue weighted by Crippen LogP contribution is -2.42. The molecule has 0 bridgehead atoms. The molecule has 40 heavy (non-hydrogen) atoms. The lowest BCUT2D eigenvalue weighted by Gasteiger charge is -2.44. The van der Waals surface area contributed by atoms with E-state index in [0.717, 1.165) is 40.8 Å². The first-order chi connectivity index (χ1) is 19.6. The third-order valence-electron chi connectivity index (χ3n) is 8.12. The zero-order chi connectivity index (χ0) is 27.8. The average molecular weight is 561 g/mol. The molecular weight excluding hydrogens is 528 g/mol. The van der Waals surface area contributed by atoms with Gasteiger partial charge in [0, 0.05) is 17.7 Å². The van der Waals surface area contributed by atoms with E-state index in [-0.39, 0.29) is 25.0 Å². The highest BCUT2D eigenvalue weighted by atomic mass is 32.1. The minimum atomic E-state index is -0.312. The van der Waals surface area contributed by atoms with E-state index in [1.807, 2.05) is 6.07 Å². The Hall–Kier alpha value is -3.62. The van der Waals surface area contributed by atoms with Crippen molar-refractivity contribution in [1.29, 1.82) is 0 Å². The number of aliphatic imine (C=N–C) groups is 1. The third kappa shape index (κ3) is 4.39. The Labute approximate surface area is 239 Å². The van der Waals surface area contributed by atoms with E-state index in [9.17, 15) is 0 Å². The SMILES string of the molecule is COc1ccc2c(c1OC)CO[C@@H]2[C@H]1c2c(cc3c(c2OC)OCO3)CCN1C(CN=C=S)c1ccc(C)cc1. The Bertz CT molecular complexity index is 1470. The molecule has 1 unspecified atom stereocenters. The van der Waals surface area contributed by atoms with Gasteiger partial charge in [-0.2, -0.15) is 0 Å². The van der Waals surface area contributed by atoms with E-state index in [4.69, 9.17) is 40.6 Å². The van der Waals surface area contributed by atoms with Crippen LogP contribution < -0.4 is 23.7 Å². The monoisotopic (exact) mass is 560 g/mol. The van der Waals surface area contributed by atoms with Crippen molar-refractivity contribution in [1.82, 2.24) is 4.90 Å². The third-order valence-corrected chi connectivity index (χ3v) is 8.25. The van der Waals surface area contributed by atoms with Crippen LogP contribution in [0.3, 0.4) is 0 Å². The molecule has 3 aromatic rings. The van der Waals surface area contributed by atoms with Crippen molar-refractivity contribution in [3.63, 3.8) is 0 Å². The molecule has 0 amide bonds. The van der Waals surface area contributed by atoms with Gasteiger partial charge < -0.3 is 28.4 Å². The van der Waals surface area contributed by atoms with E-state index in [1.165, 1.54) is 5.56 Å². The minimum Gasteiger partial charge on any atom is -0.493 e. The fourth-order valence-electron chi connectivity index (χ4n) is 6.30. The highest BCUT2D eigenvalue weighted by Crippen LogP contribution is 2.57. The van der Waals surface area contributed by atoms with Crippen LogP contribution in [0.5, 0.6) is 28.7 Å². The number of aryl methyl sites for hydroxylation is 1. The number of thiocarbonyl (C=S) groups is 1. The van der Waals surface area contributed by atoms with Crippen molar-refractivity contribution in [2.75, 3.05) is 41.2 Å². The van der Waals surface area contributed by atoms with Crippen molar-refractivity contribution in [2.24, 2.45) is 4.99 Å². The summed E-state index contributed by atoms with van der Waals surface area (Å²) in [4.78, 5) is 6.89. The summed E-state index contributed by atoms with van der Waals surface area (Å²) in [6.07, 6.45) is 0.487. The maximum Gasteiger partial charge on any atom is 0.231 e. The summed E-state index contributed by atoms with van der Waals surface area (Å²) in [6.45, 7) is 3.90. The largest absolute Gasteiger partial charge is 0.493 e. The average Bonchev–Trinajstić information content (AvgIpc) is 3.63. The molecule has 3 heterocycles. The zero-order valence-electron chi connectivity index (χ0n) is 23.1. The molecule has 0 fully saturated rings. The second kappa shape index (κ2) is 11.1. The summed E-state index contributed by atoms with van der Waals surface area (Å²) < 4.78 is 35.8. The smallest absolute Gasteiger partial charge is 0.231 e. The van der Waals surface area contributed by atoms with Crippen molar-refractivity contribution in [3.05, 3.63) is 75.8 Å². The number of rotatable bonds is 8. The summed E-state index contributed by atoms with van der Waals surface area (Å²) in [6, 6.07) is 14.4. The first-order valence-electron chi connectivity index (χ1n) is 13.3. The molecular formula is C31H32N2O6S. The molecule has 3 aliphatic heterocycles. The molecule has 0 saturated carbocycles. The van der Waals surface area contributed by atoms with Crippen LogP contribution in [0.4, 0.5) is 0 Å². The molecule has 6 rings (SSSR count). The fraction of sp³-hybridized carbons (Fsp3) is 0.387. The first kappa shape index (κ1) is 26.6. The summed E-state index contributed by atoms with van der Waals surface area (Å²) in [5.74, 6) is 3.39. The van der Waals surface area contributed by atoms with Gasteiger partial charge in [-0.15, -0.1) is 0 Å². The van der Waals surface area contributed by atoms with Gasteiger partial charge in [0.2, 0.25) is 12.5 Å². The molecule has 0 aliphatic carbocycles. The van der Waals surface area contributed by atoms with Gasteiger partial charge in [0.05, 0.1) is 51.7 Å². The van der Waals surface area contributed by atoms with E-state index in [2.05, 4.69) is 58.4 Å². The summed E-state index contributed by atoms with van der Waals surface area (Å²) in [5, 5.41) is 2.58. The maximum atomic E-state index is 6.65. The van der Waals surface area contributed by atoms with Crippen molar-refractivity contribution in [2.45, 2.75) is 38.1 Å². The standard InChI is InChI=1S/C31H32N2O6S/c1-18-5-7-19(8-6-18)23(14-32-16-40)33-12-11-20-13-25-30(39-17-38-25)31(36-4)26(20)27(33)29-21-9-10-24(34-2)28(35-3)22(21)15-37-29/h5-10,13,23,27,29H,11-12,14-15,17H2,1-4H3/t23?,27-,29+/m1/s1. The molecule has 208 valence electrons. The Kier molecular flexibility index (Phi) is 7.38. The normalized spacial score (nSPS) is 19.8. The van der Waals surface area contributed by atoms with Crippen LogP contribution in [0.25, 0.3) is 0 Å². The second-order valence-corrected chi connectivity index (χ2v) is 10.3. The Balaban J connectivity index is 1.55. The van der Waals surface area contributed by atoms with Crippen LogP contribution in [-0.2, 0) is 17.8 Å². The van der Waals surface area contributed by atoms with Gasteiger partial charge in [-0.1, -0.05) is 35.9 Å². The van der Waals surface area contributed by atoms with E-state index >= 15 is 0 Å². The van der Waals surface area contributed by atoms with Crippen LogP contribution in [-0.4, -0.2) is 51.3 Å². The van der Waals surface area contributed by atoms with Crippen LogP contribution in [0.1, 0.15) is 51.6 Å². The highest BCUT2D eigenvalue weighted by Gasteiger charge is 2.46. The predicted molar refractivity (Wildman–Crippen MR) is 153 cm³/mol. The summed E-state index contributed by atoms with van der Waals surface area (Å²) in [7, 11) is 4.99. The Morgan fingerprint density at radius 1 is 1.05 bits per heavy atom. The summed E-state index contributed by atoms with van der Waals surface area (Å²) in [5.41, 5.74) is 6.58. The number of hydrogen-bond donors (Lipinski definition) is 0. The lowest BCUT2D eigenvalue weighted by molar-refractivity contribution is -0.0284. The van der Waals surface area contributed by atoms with E-state index in [1.54, 1.807) is 21.3 Å². The van der Waals surface area contributed by atoms with Gasteiger partial charge in [-0.05, 0) is 54.4 Å². The van der Waals surface area contributed by atoms with E-state index in [0.29, 0.717) is 41.9 Å². The number of methoxy groups -OCH3 is 3. The second-order valence-electron chi connectivity index (χ2n) is 10.1. The van der Waals surface area contributed by atoms with Crippen LogP contribution in [0.15, 0.2) is 47.5 Å². The number of fused-ring (bicyclic) bond motifs is 3. The predicted octanol–water partition coefficient (Wildman–Crippen LogP) is 5.76. The first-order valence-corrected chi connectivity index (χ1v) is 13.7. The van der Waals surface area contributed by atoms with Gasteiger partial charge >= 0.3 is 0 Å². The number of hydrogen-bond acceptors (Lipinski definition) is 9. The molecule has 0 radical (unpaired) electrons. The van der Waals surface area contributed by atoms with Gasteiger partial charge in [0.1, 0.15) is 6.10 Å². The van der Waals surface area contributed by atoms with Crippen molar-refractivity contribution in [3.8, 4) is 28.7 Å². The fourth-order valence-corrected chi connectivity index (χ4v) is 6.37. The van der Waals surface area contributed by atoms with Crippen molar-refractivity contribution < 1.29 is 28.4 Å². The Morgan fingerprint density at radius 2 is 1.85 bits per heavy atom. The van der Waals surface area contributed by atoms with Gasteiger partial charge in [0.25, 0.3) is 0 Å². The van der Waals surface area contributed by atoms with Gasteiger partial charge in [0.15, 0.2) is 23.0 Å². The maximum absolute atomic E-state index is 6.65. The number of nitrogens with zero attached hydrogens (tertiary/aromatic N) is 2. The van der Waals surface area contributed by atoms with Gasteiger partial charge in [-0.3, -0.25) is 4.90 Å². The quantitative estimate of drug-likeness (QED) is 0.254. The number of benzene rings is 3. The number of isothiocyanates is 1. The molecule has 3 aliphatic rings. The molecule has 3 atom stereocenters.